The first kappa shape index (κ1) is 14.7. The Kier molecular flexibility index (Phi) is 4.30. The summed E-state index contributed by atoms with van der Waals surface area (Å²) in [6.45, 7) is 0. The average Bonchev–Trinajstić information content (AvgIpc) is 2.49. The lowest BCUT2D eigenvalue weighted by Crippen LogP contribution is -2.12. The lowest BCUT2D eigenvalue weighted by atomic mass is 10.1. The molecule has 7 heteroatoms. The van der Waals surface area contributed by atoms with Gasteiger partial charge in [0.25, 0.3) is 11.6 Å². The van der Waals surface area contributed by atoms with Gasteiger partial charge in [0.15, 0.2) is 0 Å². The summed E-state index contributed by atoms with van der Waals surface area (Å²) < 4.78 is 0.537. The minimum absolute atomic E-state index is 0.117. The van der Waals surface area contributed by atoms with E-state index in [1.165, 1.54) is 42.5 Å². The maximum atomic E-state index is 12.1. The number of nitrogens with one attached hydrogen (secondary N) is 1. The number of anilines is 1. The topological polar surface area (TPSA) is 96.0 Å². The van der Waals surface area contributed by atoms with Crippen LogP contribution in [0.5, 0.6) is 0 Å². The third-order valence-electron chi connectivity index (χ3n) is 2.69. The minimum atomic E-state index is -0.538. The average molecular weight is 346 g/mol. The highest BCUT2D eigenvalue weighted by Gasteiger charge is 2.13. The summed E-state index contributed by atoms with van der Waals surface area (Å²) in [5, 5.41) is 22.0. The van der Waals surface area contributed by atoms with Crippen molar-refractivity contribution in [1.29, 1.82) is 5.26 Å². The smallest absolute Gasteiger partial charge is 0.271 e. The number of carbonyl (C=O) groups is 1. The lowest BCUT2D eigenvalue weighted by molar-refractivity contribution is -0.384. The Bertz CT molecular complexity index is 751. The van der Waals surface area contributed by atoms with Gasteiger partial charge >= 0.3 is 0 Å². The van der Waals surface area contributed by atoms with E-state index < -0.39 is 10.8 Å². The van der Waals surface area contributed by atoms with E-state index in [1.54, 1.807) is 0 Å². The second kappa shape index (κ2) is 6.15. The van der Waals surface area contributed by atoms with Crippen LogP contribution in [0.4, 0.5) is 11.4 Å². The predicted molar refractivity (Wildman–Crippen MR) is 79.9 cm³/mol. The zero-order valence-corrected chi connectivity index (χ0v) is 12.1. The van der Waals surface area contributed by atoms with Crippen LogP contribution in [0.1, 0.15) is 15.9 Å². The molecule has 0 aliphatic rings. The van der Waals surface area contributed by atoms with Crippen molar-refractivity contribution in [3.63, 3.8) is 0 Å². The van der Waals surface area contributed by atoms with Gasteiger partial charge in [0, 0.05) is 22.2 Å². The summed E-state index contributed by atoms with van der Waals surface area (Å²) in [5.74, 6) is -0.416. The first-order valence-corrected chi connectivity index (χ1v) is 6.56. The molecule has 21 heavy (non-hydrogen) atoms. The van der Waals surface area contributed by atoms with E-state index in [0.717, 1.165) is 0 Å². The molecule has 0 aliphatic carbocycles. The zero-order chi connectivity index (χ0) is 15.4. The van der Waals surface area contributed by atoms with Gasteiger partial charge < -0.3 is 5.32 Å². The highest BCUT2D eigenvalue weighted by Crippen LogP contribution is 2.27. The molecule has 0 saturated heterocycles. The van der Waals surface area contributed by atoms with Gasteiger partial charge in [-0.3, -0.25) is 14.9 Å². The summed E-state index contributed by atoms with van der Waals surface area (Å²) in [5.41, 5.74) is 0.988. The molecule has 0 aliphatic heterocycles. The zero-order valence-electron chi connectivity index (χ0n) is 10.5. The summed E-state index contributed by atoms with van der Waals surface area (Å²) in [4.78, 5) is 22.3. The Morgan fingerprint density at radius 1 is 1.24 bits per heavy atom. The molecule has 0 saturated carbocycles. The van der Waals surface area contributed by atoms with E-state index >= 15 is 0 Å². The van der Waals surface area contributed by atoms with Gasteiger partial charge in [-0.15, -0.1) is 0 Å². The number of carbonyl (C=O) groups excluding carboxylic acids is 1. The summed E-state index contributed by atoms with van der Waals surface area (Å²) in [6, 6.07) is 12.1. The van der Waals surface area contributed by atoms with Gasteiger partial charge in [0.1, 0.15) is 0 Å². The van der Waals surface area contributed by atoms with Crippen molar-refractivity contribution in [3.05, 3.63) is 68.2 Å². The fraction of sp³-hybridized carbons (Fsp3) is 0. The highest BCUT2D eigenvalue weighted by atomic mass is 79.9. The van der Waals surface area contributed by atoms with Crippen LogP contribution >= 0.6 is 15.9 Å². The van der Waals surface area contributed by atoms with Gasteiger partial charge in [0.2, 0.25) is 0 Å². The quantitative estimate of drug-likeness (QED) is 0.680. The van der Waals surface area contributed by atoms with Crippen molar-refractivity contribution in [2.45, 2.75) is 0 Å². The van der Waals surface area contributed by atoms with Crippen LogP contribution in [0.2, 0.25) is 0 Å². The molecule has 0 aromatic heterocycles. The SMILES string of the molecule is N#Cc1ccc(C(=O)Nc2cc([N+](=O)[O-])ccc2Br)cc1. The number of nitriles is 1. The number of halogens is 1. The number of rotatable bonds is 3. The molecule has 6 nitrogen and oxygen atoms in total. The Morgan fingerprint density at radius 3 is 2.48 bits per heavy atom. The molecule has 0 fully saturated rings. The lowest BCUT2D eigenvalue weighted by Gasteiger charge is -2.07. The van der Waals surface area contributed by atoms with Gasteiger partial charge in [-0.05, 0) is 46.3 Å². The van der Waals surface area contributed by atoms with Gasteiger partial charge in [-0.2, -0.15) is 5.26 Å². The van der Waals surface area contributed by atoms with Crippen LogP contribution in [0.3, 0.4) is 0 Å². The molecule has 104 valence electrons. The van der Waals surface area contributed by atoms with Crippen molar-refractivity contribution >= 4 is 33.2 Å². The normalized spacial score (nSPS) is 9.71. The Hall–Kier alpha value is -2.72. The van der Waals surface area contributed by atoms with E-state index in [1.807, 2.05) is 6.07 Å². The van der Waals surface area contributed by atoms with Crippen molar-refractivity contribution < 1.29 is 9.72 Å². The van der Waals surface area contributed by atoms with Crippen LogP contribution in [-0.2, 0) is 0 Å². The number of non-ortho nitro benzene ring substituents is 1. The molecule has 0 atom stereocenters. The third-order valence-corrected chi connectivity index (χ3v) is 3.38. The van der Waals surface area contributed by atoms with E-state index in [0.29, 0.717) is 21.3 Å². The molecule has 0 radical (unpaired) electrons. The Balaban J connectivity index is 2.24. The van der Waals surface area contributed by atoms with E-state index in [2.05, 4.69) is 21.2 Å². The van der Waals surface area contributed by atoms with E-state index in [4.69, 9.17) is 5.26 Å². The maximum Gasteiger partial charge on any atom is 0.271 e. The molecule has 2 aromatic rings. The Morgan fingerprint density at radius 2 is 1.90 bits per heavy atom. The standard InChI is InChI=1S/C14H8BrN3O3/c15-12-6-5-11(18(20)21)7-13(12)17-14(19)10-3-1-9(8-16)2-4-10/h1-7H,(H,17,19). The molecule has 0 unspecified atom stereocenters. The molecular weight excluding hydrogens is 338 g/mol. The Labute approximate surface area is 128 Å². The maximum absolute atomic E-state index is 12.1. The summed E-state index contributed by atoms with van der Waals surface area (Å²) in [6.07, 6.45) is 0. The van der Waals surface area contributed by atoms with Crippen molar-refractivity contribution in [1.82, 2.24) is 0 Å². The summed E-state index contributed by atoms with van der Waals surface area (Å²) in [7, 11) is 0. The van der Waals surface area contributed by atoms with Crippen LogP contribution < -0.4 is 5.32 Å². The highest BCUT2D eigenvalue weighted by molar-refractivity contribution is 9.10. The molecule has 2 aromatic carbocycles. The molecule has 0 spiro atoms. The number of nitro benzene ring substituents is 1. The number of benzene rings is 2. The molecular formula is C14H8BrN3O3. The number of amides is 1. The second-order valence-corrected chi connectivity index (χ2v) is 4.92. The molecule has 2 rings (SSSR count). The third kappa shape index (κ3) is 3.43. The van der Waals surface area contributed by atoms with Crippen LogP contribution in [0.25, 0.3) is 0 Å². The van der Waals surface area contributed by atoms with Crippen molar-refractivity contribution in [2.75, 3.05) is 5.32 Å². The summed E-state index contributed by atoms with van der Waals surface area (Å²) >= 11 is 3.22. The molecule has 1 N–H and O–H groups in total. The number of hydrogen-bond acceptors (Lipinski definition) is 4. The minimum Gasteiger partial charge on any atom is -0.321 e. The number of nitro groups is 1. The van der Waals surface area contributed by atoms with Crippen LogP contribution in [0.15, 0.2) is 46.9 Å². The largest absolute Gasteiger partial charge is 0.321 e. The van der Waals surface area contributed by atoms with E-state index in [-0.39, 0.29) is 5.69 Å². The predicted octanol–water partition coefficient (Wildman–Crippen LogP) is 3.48. The van der Waals surface area contributed by atoms with Crippen LogP contribution in [0, 0.1) is 21.4 Å². The molecule has 0 heterocycles. The molecule has 1 amide bonds. The number of hydrogen-bond donors (Lipinski definition) is 1. The van der Waals surface area contributed by atoms with Gasteiger partial charge in [-0.25, -0.2) is 0 Å². The molecule has 0 bridgehead atoms. The van der Waals surface area contributed by atoms with E-state index in [9.17, 15) is 14.9 Å². The first-order chi connectivity index (χ1) is 10.0. The van der Waals surface area contributed by atoms with Crippen molar-refractivity contribution in [3.8, 4) is 6.07 Å². The van der Waals surface area contributed by atoms with Gasteiger partial charge in [0.05, 0.1) is 22.2 Å². The van der Waals surface area contributed by atoms with Crippen LogP contribution in [-0.4, -0.2) is 10.8 Å². The fourth-order valence-electron chi connectivity index (χ4n) is 1.61. The fourth-order valence-corrected chi connectivity index (χ4v) is 1.96. The van der Waals surface area contributed by atoms with Crippen molar-refractivity contribution in [2.24, 2.45) is 0 Å². The first-order valence-electron chi connectivity index (χ1n) is 5.76. The monoisotopic (exact) mass is 345 g/mol. The number of nitrogens with zero attached hydrogens (tertiary/aromatic N) is 2. The second-order valence-electron chi connectivity index (χ2n) is 4.06. The van der Waals surface area contributed by atoms with Gasteiger partial charge in [-0.1, -0.05) is 0 Å².